The fourth-order valence-corrected chi connectivity index (χ4v) is 3.80. The van der Waals surface area contributed by atoms with Gasteiger partial charge in [-0.3, -0.25) is 4.79 Å². The third kappa shape index (κ3) is 4.09. The number of hydrazone groups is 1. The molecule has 29 heavy (non-hydrogen) atoms. The van der Waals surface area contributed by atoms with Crippen LogP contribution in [0.2, 0.25) is 0 Å². The van der Waals surface area contributed by atoms with Gasteiger partial charge < -0.3 is 14.2 Å². The Labute approximate surface area is 167 Å². The Balaban J connectivity index is 1.52. The van der Waals surface area contributed by atoms with Crippen molar-refractivity contribution in [2.75, 3.05) is 18.1 Å². The van der Waals surface area contributed by atoms with E-state index in [9.17, 15) is 13.2 Å². The van der Waals surface area contributed by atoms with E-state index in [-0.39, 0.29) is 23.4 Å². The van der Waals surface area contributed by atoms with Crippen molar-refractivity contribution in [3.8, 4) is 0 Å². The summed E-state index contributed by atoms with van der Waals surface area (Å²) in [5.74, 6) is 0.950. The van der Waals surface area contributed by atoms with Gasteiger partial charge in [0.05, 0.1) is 24.0 Å². The van der Waals surface area contributed by atoms with Crippen molar-refractivity contribution in [2.45, 2.75) is 17.4 Å². The number of rotatable bonds is 6. The number of nitrogens with zero attached hydrogens (tertiary/aromatic N) is 2. The zero-order chi connectivity index (χ0) is 20.4. The van der Waals surface area contributed by atoms with Gasteiger partial charge in [0.2, 0.25) is 0 Å². The van der Waals surface area contributed by atoms with Crippen molar-refractivity contribution in [3.05, 3.63) is 72.6 Å². The molecule has 1 unspecified atom stereocenters. The Morgan fingerprint density at radius 1 is 1.17 bits per heavy atom. The number of anilines is 1. The van der Waals surface area contributed by atoms with E-state index >= 15 is 0 Å². The second kappa shape index (κ2) is 7.59. The summed E-state index contributed by atoms with van der Waals surface area (Å²) in [6.07, 6.45) is 4.72. The molecule has 150 valence electrons. The standard InChI is InChI=1S/C20H19N3O5S/c1-29(25,26)15-6-2-5-14(11-15)21-13-20(24)23-17(19-8-4-10-28-19)12-16(22-23)18-7-3-9-27-18/h2-11,17,21H,12-13H2,1H3. The van der Waals surface area contributed by atoms with Crippen molar-refractivity contribution in [1.29, 1.82) is 0 Å². The molecule has 0 saturated heterocycles. The molecule has 1 amide bonds. The Bertz CT molecular complexity index is 1130. The molecule has 4 rings (SSSR count). The van der Waals surface area contributed by atoms with Crippen LogP contribution < -0.4 is 5.32 Å². The summed E-state index contributed by atoms with van der Waals surface area (Å²) in [6, 6.07) is 13.1. The maximum atomic E-state index is 12.9. The first-order chi connectivity index (χ1) is 13.9. The molecule has 3 heterocycles. The molecule has 1 N–H and O–H groups in total. The van der Waals surface area contributed by atoms with Crippen LogP contribution in [0.15, 0.2) is 79.9 Å². The van der Waals surface area contributed by atoms with Crippen LogP contribution in [0.4, 0.5) is 5.69 Å². The first-order valence-electron chi connectivity index (χ1n) is 8.92. The van der Waals surface area contributed by atoms with Gasteiger partial charge in [0.1, 0.15) is 23.3 Å². The van der Waals surface area contributed by atoms with Crippen molar-refractivity contribution >= 4 is 27.1 Å². The highest BCUT2D eigenvalue weighted by Gasteiger charge is 2.35. The zero-order valence-electron chi connectivity index (χ0n) is 15.6. The minimum atomic E-state index is -3.33. The monoisotopic (exact) mass is 413 g/mol. The lowest BCUT2D eigenvalue weighted by Gasteiger charge is -2.20. The first kappa shape index (κ1) is 19.0. The maximum Gasteiger partial charge on any atom is 0.262 e. The lowest BCUT2D eigenvalue weighted by atomic mass is 10.1. The van der Waals surface area contributed by atoms with Gasteiger partial charge in [0.15, 0.2) is 9.84 Å². The number of nitrogens with one attached hydrogen (secondary N) is 1. The number of carbonyl (C=O) groups is 1. The summed E-state index contributed by atoms with van der Waals surface area (Å²) >= 11 is 0. The molecule has 0 bridgehead atoms. The van der Waals surface area contributed by atoms with Gasteiger partial charge in [-0.15, -0.1) is 0 Å². The van der Waals surface area contributed by atoms with Gasteiger partial charge in [-0.1, -0.05) is 6.07 Å². The molecule has 0 fully saturated rings. The fraction of sp³-hybridized carbons (Fsp3) is 0.200. The third-order valence-corrected chi connectivity index (χ3v) is 5.66. The topological polar surface area (TPSA) is 105 Å². The predicted octanol–water partition coefficient (Wildman–Crippen LogP) is 3.07. The molecular weight excluding hydrogens is 394 g/mol. The molecular formula is C20H19N3O5S. The average Bonchev–Trinajstić information content (AvgIpc) is 3.46. The van der Waals surface area contributed by atoms with Crippen LogP contribution in [0.5, 0.6) is 0 Å². The number of furan rings is 2. The molecule has 1 aliphatic heterocycles. The normalized spacial score (nSPS) is 16.7. The molecule has 9 heteroatoms. The molecule has 3 aromatic rings. The molecule has 2 aromatic heterocycles. The summed E-state index contributed by atoms with van der Waals surface area (Å²) in [7, 11) is -3.33. The number of carbonyl (C=O) groups excluding carboxylic acids is 1. The summed E-state index contributed by atoms with van der Waals surface area (Å²) in [5.41, 5.74) is 1.19. The van der Waals surface area contributed by atoms with Crippen molar-refractivity contribution in [1.82, 2.24) is 5.01 Å². The summed E-state index contributed by atoms with van der Waals surface area (Å²) in [4.78, 5) is 13.1. The Morgan fingerprint density at radius 3 is 2.66 bits per heavy atom. The molecule has 0 aliphatic carbocycles. The zero-order valence-corrected chi connectivity index (χ0v) is 16.4. The summed E-state index contributed by atoms with van der Waals surface area (Å²) in [5, 5.41) is 8.80. The SMILES string of the molecule is CS(=O)(=O)c1cccc(NCC(=O)N2N=C(c3ccco3)CC2c2ccco2)c1. The smallest absolute Gasteiger partial charge is 0.262 e. The van der Waals surface area contributed by atoms with Crippen LogP contribution in [0, 0.1) is 0 Å². The van der Waals surface area contributed by atoms with E-state index in [1.54, 1.807) is 48.9 Å². The van der Waals surface area contributed by atoms with Gasteiger partial charge >= 0.3 is 0 Å². The minimum Gasteiger partial charge on any atom is -0.467 e. The lowest BCUT2D eigenvalue weighted by molar-refractivity contribution is -0.131. The molecule has 1 aromatic carbocycles. The van der Waals surface area contributed by atoms with E-state index < -0.39 is 9.84 Å². The van der Waals surface area contributed by atoms with E-state index in [4.69, 9.17) is 8.83 Å². The maximum absolute atomic E-state index is 12.9. The molecule has 1 atom stereocenters. The van der Waals surface area contributed by atoms with E-state index in [0.29, 0.717) is 29.3 Å². The van der Waals surface area contributed by atoms with E-state index in [1.165, 1.54) is 17.1 Å². The molecule has 8 nitrogen and oxygen atoms in total. The van der Waals surface area contributed by atoms with Crippen LogP contribution in [0.3, 0.4) is 0 Å². The van der Waals surface area contributed by atoms with Crippen LogP contribution in [-0.4, -0.2) is 37.8 Å². The molecule has 1 aliphatic rings. The Hall–Kier alpha value is -3.33. The van der Waals surface area contributed by atoms with E-state index in [2.05, 4.69) is 10.4 Å². The van der Waals surface area contributed by atoms with Gasteiger partial charge in [-0.25, -0.2) is 13.4 Å². The van der Waals surface area contributed by atoms with Gasteiger partial charge in [0.25, 0.3) is 5.91 Å². The average molecular weight is 413 g/mol. The highest BCUT2D eigenvalue weighted by Crippen LogP contribution is 2.33. The van der Waals surface area contributed by atoms with Crippen molar-refractivity contribution < 1.29 is 22.0 Å². The lowest BCUT2D eigenvalue weighted by Crippen LogP contribution is -2.32. The molecule has 0 radical (unpaired) electrons. The second-order valence-electron chi connectivity index (χ2n) is 6.65. The summed E-state index contributed by atoms with van der Waals surface area (Å²) in [6.45, 7) is -0.0562. The van der Waals surface area contributed by atoms with E-state index in [0.717, 1.165) is 6.26 Å². The number of benzene rings is 1. The highest BCUT2D eigenvalue weighted by atomic mass is 32.2. The fourth-order valence-electron chi connectivity index (χ4n) is 3.13. The third-order valence-electron chi connectivity index (χ3n) is 4.55. The highest BCUT2D eigenvalue weighted by molar-refractivity contribution is 7.90. The first-order valence-corrected chi connectivity index (χ1v) is 10.8. The summed E-state index contributed by atoms with van der Waals surface area (Å²) < 4.78 is 34.3. The van der Waals surface area contributed by atoms with Gasteiger partial charge in [-0.05, 0) is 42.5 Å². The molecule has 0 saturated carbocycles. The van der Waals surface area contributed by atoms with Crippen LogP contribution in [-0.2, 0) is 14.6 Å². The number of sulfone groups is 1. The molecule has 0 spiro atoms. The van der Waals surface area contributed by atoms with Crippen LogP contribution in [0.25, 0.3) is 0 Å². The van der Waals surface area contributed by atoms with Crippen LogP contribution in [0.1, 0.15) is 24.0 Å². The van der Waals surface area contributed by atoms with E-state index in [1.807, 2.05) is 0 Å². The van der Waals surface area contributed by atoms with Crippen LogP contribution >= 0.6 is 0 Å². The second-order valence-corrected chi connectivity index (χ2v) is 8.67. The largest absolute Gasteiger partial charge is 0.467 e. The van der Waals surface area contributed by atoms with Crippen molar-refractivity contribution in [2.24, 2.45) is 5.10 Å². The Kier molecular flexibility index (Phi) is 4.98. The van der Waals surface area contributed by atoms with Crippen molar-refractivity contribution in [3.63, 3.8) is 0 Å². The number of amides is 1. The number of hydrogen-bond acceptors (Lipinski definition) is 7. The minimum absolute atomic E-state index is 0.0562. The van der Waals surface area contributed by atoms with Gasteiger partial charge in [0, 0.05) is 18.4 Å². The Morgan fingerprint density at radius 2 is 1.97 bits per heavy atom. The van der Waals surface area contributed by atoms with Gasteiger partial charge in [-0.2, -0.15) is 5.10 Å². The quantitative estimate of drug-likeness (QED) is 0.666. The predicted molar refractivity (Wildman–Crippen MR) is 106 cm³/mol. The number of hydrogen-bond donors (Lipinski definition) is 1.